The molecular formula is C12H14N2O3. The Morgan fingerprint density at radius 1 is 1.35 bits per heavy atom. The number of ether oxygens (including phenoxy) is 1. The molecule has 90 valence electrons. The summed E-state index contributed by atoms with van der Waals surface area (Å²) in [6.07, 6.45) is -1.52. The zero-order valence-corrected chi connectivity index (χ0v) is 9.19. The smallest absolute Gasteiger partial charge is 0.255 e. The van der Waals surface area contributed by atoms with Gasteiger partial charge in [-0.15, -0.1) is 0 Å². The number of hydrogen-bond acceptors (Lipinski definition) is 4. The second-order valence-corrected chi connectivity index (χ2v) is 4.43. The summed E-state index contributed by atoms with van der Waals surface area (Å²) in [5.41, 5.74) is 6.71. The second-order valence-electron chi connectivity index (χ2n) is 4.43. The largest absolute Gasteiger partial charge is 0.382 e. The first-order valence-electron chi connectivity index (χ1n) is 5.62. The molecule has 0 radical (unpaired) electrons. The Labute approximate surface area is 98.8 Å². The molecule has 5 heteroatoms. The third-order valence-electron chi connectivity index (χ3n) is 3.44. The van der Waals surface area contributed by atoms with Gasteiger partial charge in [-0.05, 0) is 0 Å². The maximum atomic E-state index is 11.9. The highest BCUT2D eigenvalue weighted by Crippen LogP contribution is 2.36. The fraction of sp³-hybridized carbons (Fsp3) is 0.417. The van der Waals surface area contributed by atoms with Crippen molar-refractivity contribution in [3.63, 3.8) is 0 Å². The predicted molar refractivity (Wildman–Crippen MR) is 59.8 cm³/mol. The zero-order chi connectivity index (χ0) is 12.0. The third-order valence-corrected chi connectivity index (χ3v) is 3.44. The lowest BCUT2D eigenvalue weighted by Crippen LogP contribution is -2.41. The highest BCUT2D eigenvalue weighted by atomic mass is 16.5. The van der Waals surface area contributed by atoms with E-state index in [1.807, 2.05) is 30.3 Å². The number of hydrogen-bond donors (Lipinski definition) is 2. The van der Waals surface area contributed by atoms with Gasteiger partial charge in [0, 0.05) is 5.56 Å². The SMILES string of the molecule is N[C@@H]1[C@H](O)C(=O)N2[C@H](c3ccccc3)OC[C@@H]12. The van der Waals surface area contributed by atoms with Gasteiger partial charge in [-0.2, -0.15) is 0 Å². The van der Waals surface area contributed by atoms with Gasteiger partial charge in [-0.25, -0.2) is 0 Å². The first-order chi connectivity index (χ1) is 8.20. The van der Waals surface area contributed by atoms with Gasteiger partial charge in [0.1, 0.15) is 6.10 Å². The van der Waals surface area contributed by atoms with E-state index in [0.717, 1.165) is 5.56 Å². The summed E-state index contributed by atoms with van der Waals surface area (Å²) in [7, 11) is 0. The van der Waals surface area contributed by atoms with Crippen LogP contribution in [0.2, 0.25) is 0 Å². The molecule has 0 aliphatic carbocycles. The molecule has 0 unspecified atom stereocenters. The van der Waals surface area contributed by atoms with E-state index < -0.39 is 18.4 Å². The summed E-state index contributed by atoms with van der Waals surface area (Å²) in [6.45, 7) is 0.378. The molecule has 0 saturated carbocycles. The predicted octanol–water partition coefficient (Wildman–Crippen LogP) is -0.386. The molecule has 4 atom stereocenters. The number of benzene rings is 1. The first-order valence-corrected chi connectivity index (χ1v) is 5.62. The van der Waals surface area contributed by atoms with Crippen molar-refractivity contribution in [2.24, 2.45) is 5.73 Å². The molecule has 5 nitrogen and oxygen atoms in total. The number of aliphatic hydroxyl groups excluding tert-OH is 1. The fourth-order valence-electron chi connectivity index (χ4n) is 2.50. The Bertz CT molecular complexity index is 437. The van der Waals surface area contributed by atoms with E-state index in [1.165, 1.54) is 0 Å². The molecular weight excluding hydrogens is 220 g/mol. The van der Waals surface area contributed by atoms with Gasteiger partial charge in [0.05, 0.1) is 18.7 Å². The van der Waals surface area contributed by atoms with Crippen LogP contribution in [0, 0.1) is 0 Å². The van der Waals surface area contributed by atoms with Crippen molar-refractivity contribution in [2.45, 2.75) is 24.4 Å². The van der Waals surface area contributed by atoms with Crippen LogP contribution in [0.1, 0.15) is 11.8 Å². The number of carbonyl (C=O) groups is 1. The topological polar surface area (TPSA) is 75.8 Å². The highest BCUT2D eigenvalue weighted by molar-refractivity contribution is 5.85. The number of rotatable bonds is 1. The molecule has 2 saturated heterocycles. The average molecular weight is 234 g/mol. The molecule has 1 aromatic carbocycles. The van der Waals surface area contributed by atoms with E-state index in [9.17, 15) is 9.90 Å². The molecule has 0 spiro atoms. The Morgan fingerprint density at radius 2 is 2.06 bits per heavy atom. The second kappa shape index (κ2) is 3.80. The monoisotopic (exact) mass is 234 g/mol. The van der Waals surface area contributed by atoms with Crippen LogP contribution in [0.3, 0.4) is 0 Å². The summed E-state index contributed by atoms with van der Waals surface area (Å²) in [5, 5.41) is 9.66. The zero-order valence-electron chi connectivity index (χ0n) is 9.19. The van der Waals surface area contributed by atoms with Gasteiger partial charge >= 0.3 is 0 Å². The number of nitrogens with zero attached hydrogens (tertiary/aromatic N) is 1. The van der Waals surface area contributed by atoms with E-state index in [2.05, 4.69) is 0 Å². The summed E-state index contributed by atoms with van der Waals surface area (Å²) in [6, 6.07) is 8.71. The standard InChI is InChI=1S/C12H14N2O3/c13-9-8-6-17-12(7-4-2-1-3-5-7)14(8)11(16)10(9)15/h1-5,8-10,12,15H,6,13H2/t8-,9-,10-,12-/m0/s1. The molecule has 2 aliphatic heterocycles. The minimum Gasteiger partial charge on any atom is -0.382 e. The summed E-state index contributed by atoms with van der Waals surface area (Å²) in [5.74, 6) is -0.339. The van der Waals surface area contributed by atoms with Crippen molar-refractivity contribution in [3.05, 3.63) is 35.9 Å². The van der Waals surface area contributed by atoms with Gasteiger partial charge in [-0.1, -0.05) is 30.3 Å². The lowest BCUT2D eigenvalue weighted by atomic mass is 10.1. The van der Waals surface area contributed by atoms with E-state index in [0.29, 0.717) is 6.61 Å². The van der Waals surface area contributed by atoms with Crippen molar-refractivity contribution >= 4 is 5.91 Å². The minimum atomic E-state index is -1.10. The summed E-state index contributed by atoms with van der Waals surface area (Å²) >= 11 is 0. The van der Waals surface area contributed by atoms with Crippen LogP contribution in [0.25, 0.3) is 0 Å². The third kappa shape index (κ3) is 1.47. The van der Waals surface area contributed by atoms with Crippen LogP contribution in [0.15, 0.2) is 30.3 Å². The normalized spacial score (nSPS) is 36.4. The number of fused-ring (bicyclic) bond motifs is 1. The van der Waals surface area contributed by atoms with Crippen molar-refractivity contribution in [1.29, 1.82) is 0 Å². The molecule has 2 heterocycles. The molecule has 17 heavy (non-hydrogen) atoms. The Morgan fingerprint density at radius 3 is 2.76 bits per heavy atom. The van der Waals surface area contributed by atoms with Crippen LogP contribution in [0.4, 0.5) is 0 Å². The van der Waals surface area contributed by atoms with E-state index >= 15 is 0 Å². The number of aliphatic hydroxyl groups is 1. The minimum absolute atomic E-state index is 0.220. The van der Waals surface area contributed by atoms with Crippen LogP contribution >= 0.6 is 0 Å². The quantitative estimate of drug-likeness (QED) is 0.694. The maximum absolute atomic E-state index is 11.9. The van der Waals surface area contributed by atoms with Crippen LogP contribution < -0.4 is 5.73 Å². The highest BCUT2D eigenvalue weighted by Gasteiger charge is 2.52. The van der Waals surface area contributed by atoms with Crippen molar-refractivity contribution < 1.29 is 14.6 Å². The van der Waals surface area contributed by atoms with Gasteiger partial charge in [0.25, 0.3) is 5.91 Å². The van der Waals surface area contributed by atoms with Crippen LogP contribution in [0.5, 0.6) is 0 Å². The molecule has 2 fully saturated rings. The fourth-order valence-corrected chi connectivity index (χ4v) is 2.50. The maximum Gasteiger partial charge on any atom is 0.255 e. The van der Waals surface area contributed by atoms with Crippen molar-refractivity contribution in [2.75, 3.05) is 6.61 Å². The van der Waals surface area contributed by atoms with Crippen molar-refractivity contribution in [1.82, 2.24) is 4.90 Å². The number of amides is 1. The lowest BCUT2D eigenvalue weighted by molar-refractivity contribution is -0.141. The number of carbonyl (C=O) groups excluding carboxylic acids is 1. The van der Waals surface area contributed by atoms with Crippen LogP contribution in [-0.4, -0.2) is 40.7 Å². The van der Waals surface area contributed by atoms with E-state index in [1.54, 1.807) is 4.90 Å². The average Bonchev–Trinajstić information content (AvgIpc) is 2.88. The molecule has 0 aromatic heterocycles. The summed E-state index contributed by atoms with van der Waals surface area (Å²) < 4.78 is 5.61. The Hall–Kier alpha value is -1.43. The molecule has 3 N–H and O–H groups in total. The Kier molecular flexibility index (Phi) is 2.39. The molecule has 2 aliphatic rings. The molecule has 1 amide bonds. The van der Waals surface area contributed by atoms with E-state index in [-0.39, 0.29) is 11.9 Å². The van der Waals surface area contributed by atoms with Gasteiger partial charge < -0.3 is 20.5 Å². The number of nitrogens with two attached hydrogens (primary N) is 1. The van der Waals surface area contributed by atoms with E-state index in [4.69, 9.17) is 10.5 Å². The van der Waals surface area contributed by atoms with Gasteiger partial charge in [0.15, 0.2) is 6.23 Å². The first kappa shape index (κ1) is 10.7. The molecule has 0 bridgehead atoms. The van der Waals surface area contributed by atoms with Gasteiger partial charge in [0.2, 0.25) is 0 Å². The van der Waals surface area contributed by atoms with Crippen LogP contribution in [-0.2, 0) is 9.53 Å². The van der Waals surface area contributed by atoms with Crippen molar-refractivity contribution in [3.8, 4) is 0 Å². The Balaban J connectivity index is 1.93. The molecule has 3 rings (SSSR count). The lowest BCUT2D eigenvalue weighted by Gasteiger charge is -2.22. The summed E-state index contributed by atoms with van der Waals surface area (Å²) in [4.78, 5) is 13.5. The molecule has 1 aromatic rings. The van der Waals surface area contributed by atoms with Gasteiger partial charge in [-0.3, -0.25) is 4.79 Å².